The summed E-state index contributed by atoms with van der Waals surface area (Å²) in [7, 11) is 1.88. The minimum Gasteiger partial charge on any atom is -0.305 e. The number of hydrogen-bond donors (Lipinski definition) is 1. The lowest BCUT2D eigenvalue weighted by Gasteiger charge is -2.04. The number of nitrogens with one attached hydrogen (secondary N) is 1. The lowest BCUT2D eigenvalue weighted by atomic mass is 10.2. The van der Waals surface area contributed by atoms with Crippen LogP contribution in [-0.4, -0.2) is 42.4 Å². The van der Waals surface area contributed by atoms with Crippen molar-refractivity contribution in [3.8, 4) is 11.4 Å². The van der Waals surface area contributed by atoms with Crippen LogP contribution in [0.25, 0.3) is 11.4 Å². The number of aryl methyl sites for hydroxylation is 2. The van der Waals surface area contributed by atoms with Gasteiger partial charge in [-0.2, -0.15) is 10.2 Å². The molecule has 152 valence electrons. The molecule has 3 aromatic rings. The summed E-state index contributed by atoms with van der Waals surface area (Å²) < 4.78 is 4.78. The molecule has 1 N–H and O–H groups in total. The highest BCUT2D eigenvalue weighted by Gasteiger charge is 2.13. The van der Waals surface area contributed by atoms with Gasteiger partial charge in [0.1, 0.15) is 0 Å². The predicted octanol–water partition coefficient (Wildman–Crippen LogP) is 3.32. The summed E-state index contributed by atoms with van der Waals surface area (Å²) in [5, 5.41) is 17.6. The zero-order chi connectivity index (χ0) is 21.0. The Hall–Kier alpha value is -2.46. The molecule has 2 heterocycles. The minimum absolute atomic E-state index is 0.190. The van der Waals surface area contributed by atoms with Crippen LogP contribution in [0.4, 0.5) is 0 Å². The molecule has 0 atom stereocenters. The third kappa shape index (κ3) is 4.94. The quantitative estimate of drug-likeness (QED) is 0.321. The van der Waals surface area contributed by atoms with Crippen molar-refractivity contribution < 1.29 is 4.79 Å². The summed E-state index contributed by atoms with van der Waals surface area (Å²) in [6, 6.07) is 7.84. The van der Waals surface area contributed by atoms with Gasteiger partial charge in [-0.1, -0.05) is 39.8 Å². The molecule has 29 heavy (non-hydrogen) atoms. The number of benzene rings is 1. The normalized spacial score (nSPS) is 11.3. The monoisotopic (exact) mass is 475 g/mol. The maximum atomic E-state index is 12.1. The summed E-state index contributed by atoms with van der Waals surface area (Å²) in [6.45, 7) is 6.74. The van der Waals surface area contributed by atoms with Crippen molar-refractivity contribution in [2.24, 2.45) is 12.1 Å². The van der Waals surface area contributed by atoms with E-state index in [2.05, 4.69) is 41.8 Å². The van der Waals surface area contributed by atoms with E-state index in [1.165, 1.54) is 11.8 Å². The lowest BCUT2D eigenvalue weighted by molar-refractivity contribution is -0.118. The van der Waals surface area contributed by atoms with E-state index < -0.39 is 0 Å². The molecule has 3 rings (SSSR count). The van der Waals surface area contributed by atoms with E-state index in [9.17, 15) is 4.79 Å². The Kier molecular flexibility index (Phi) is 6.86. The highest BCUT2D eigenvalue weighted by Crippen LogP contribution is 2.23. The molecule has 8 nitrogen and oxygen atoms in total. The van der Waals surface area contributed by atoms with E-state index >= 15 is 0 Å². The molecular formula is C19H22BrN7OS. The summed E-state index contributed by atoms with van der Waals surface area (Å²) >= 11 is 4.73. The van der Waals surface area contributed by atoms with Gasteiger partial charge in [0.15, 0.2) is 11.0 Å². The van der Waals surface area contributed by atoms with Crippen molar-refractivity contribution in [1.29, 1.82) is 0 Å². The number of halogens is 1. The molecule has 0 unspecified atom stereocenters. The minimum atomic E-state index is -0.211. The SMILES string of the molecule is CCn1nc(C)c(/C=N\NC(=O)CSc2nnc(-c3ccc(Br)cc3)n2C)c1C. The lowest BCUT2D eigenvalue weighted by Crippen LogP contribution is -2.20. The van der Waals surface area contributed by atoms with Crippen LogP contribution in [0.1, 0.15) is 23.9 Å². The Labute approximate surface area is 181 Å². The maximum absolute atomic E-state index is 12.1. The summed E-state index contributed by atoms with van der Waals surface area (Å²) in [6.07, 6.45) is 1.64. The van der Waals surface area contributed by atoms with E-state index in [1.54, 1.807) is 6.21 Å². The molecule has 0 radical (unpaired) electrons. The first-order chi connectivity index (χ1) is 13.9. The molecule has 1 amide bonds. The van der Waals surface area contributed by atoms with Crippen LogP contribution in [0.15, 0.2) is 39.0 Å². The molecule has 2 aromatic heterocycles. The fourth-order valence-electron chi connectivity index (χ4n) is 2.83. The standard InChI is InChI=1S/C19H22BrN7OS/c1-5-27-13(3)16(12(2)25-27)10-21-22-17(28)11-29-19-24-23-18(26(19)4)14-6-8-15(20)9-7-14/h6-10H,5,11H2,1-4H3,(H,22,28)/b21-10-. The molecular weight excluding hydrogens is 454 g/mol. The molecule has 1 aromatic carbocycles. The Morgan fingerprint density at radius 2 is 2.00 bits per heavy atom. The van der Waals surface area contributed by atoms with Crippen molar-refractivity contribution in [3.05, 3.63) is 45.7 Å². The molecule has 0 saturated carbocycles. The van der Waals surface area contributed by atoms with Gasteiger partial charge < -0.3 is 4.57 Å². The van der Waals surface area contributed by atoms with Crippen LogP contribution in [-0.2, 0) is 18.4 Å². The number of carbonyl (C=O) groups excluding carboxylic acids is 1. The average molecular weight is 476 g/mol. The maximum Gasteiger partial charge on any atom is 0.250 e. The number of carbonyl (C=O) groups is 1. The van der Waals surface area contributed by atoms with E-state index in [0.29, 0.717) is 5.16 Å². The summed E-state index contributed by atoms with van der Waals surface area (Å²) in [4.78, 5) is 12.1. The number of thioether (sulfide) groups is 1. The molecule has 0 fully saturated rings. The summed E-state index contributed by atoms with van der Waals surface area (Å²) in [5.41, 5.74) is 6.35. The second-order valence-corrected chi connectivity index (χ2v) is 8.21. The molecule has 0 saturated heterocycles. The van der Waals surface area contributed by atoms with Gasteiger partial charge in [-0.25, -0.2) is 5.43 Å². The van der Waals surface area contributed by atoms with Crippen molar-refractivity contribution >= 4 is 39.8 Å². The van der Waals surface area contributed by atoms with Crippen LogP contribution < -0.4 is 5.43 Å². The largest absolute Gasteiger partial charge is 0.305 e. The molecule has 0 aliphatic carbocycles. The first-order valence-corrected chi connectivity index (χ1v) is 10.8. The first kappa shape index (κ1) is 21.3. The Balaban J connectivity index is 1.57. The number of hydrogen-bond acceptors (Lipinski definition) is 6. The van der Waals surface area contributed by atoms with E-state index in [0.717, 1.165) is 39.4 Å². The Morgan fingerprint density at radius 1 is 1.28 bits per heavy atom. The van der Waals surface area contributed by atoms with Crippen LogP contribution in [0.3, 0.4) is 0 Å². The predicted molar refractivity (Wildman–Crippen MR) is 118 cm³/mol. The van der Waals surface area contributed by atoms with Crippen molar-refractivity contribution in [3.63, 3.8) is 0 Å². The topological polar surface area (TPSA) is 90.0 Å². The van der Waals surface area contributed by atoms with Gasteiger partial charge >= 0.3 is 0 Å². The fourth-order valence-corrected chi connectivity index (χ4v) is 3.80. The van der Waals surface area contributed by atoms with Crippen LogP contribution >= 0.6 is 27.7 Å². The molecule has 10 heteroatoms. The smallest absolute Gasteiger partial charge is 0.250 e. The third-order valence-electron chi connectivity index (χ3n) is 4.39. The van der Waals surface area contributed by atoms with Gasteiger partial charge in [0.05, 0.1) is 17.7 Å². The molecule has 0 spiro atoms. The highest BCUT2D eigenvalue weighted by atomic mass is 79.9. The summed E-state index contributed by atoms with van der Waals surface area (Å²) in [5.74, 6) is 0.727. The zero-order valence-corrected chi connectivity index (χ0v) is 19.1. The van der Waals surface area contributed by atoms with Crippen LogP contribution in [0.5, 0.6) is 0 Å². The first-order valence-electron chi connectivity index (χ1n) is 9.04. The van der Waals surface area contributed by atoms with Gasteiger partial charge in [0, 0.05) is 34.9 Å². The second-order valence-electron chi connectivity index (χ2n) is 6.35. The van der Waals surface area contributed by atoms with Gasteiger partial charge in [0.2, 0.25) is 0 Å². The zero-order valence-electron chi connectivity index (χ0n) is 16.7. The van der Waals surface area contributed by atoms with Crippen molar-refractivity contribution in [1.82, 2.24) is 30.0 Å². The van der Waals surface area contributed by atoms with Gasteiger partial charge in [-0.05, 0) is 32.9 Å². The van der Waals surface area contributed by atoms with E-state index in [-0.39, 0.29) is 11.7 Å². The number of hydrazone groups is 1. The molecule has 0 aliphatic rings. The number of amides is 1. The molecule has 0 aliphatic heterocycles. The Bertz CT molecular complexity index is 1040. The van der Waals surface area contributed by atoms with Crippen LogP contribution in [0.2, 0.25) is 0 Å². The van der Waals surface area contributed by atoms with E-state index in [1.807, 2.05) is 61.3 Å². The fraction of sp³-hybridized carbons (Fsp3) is 0.316. The van der Waals surface area contributed by atoms with E-state index in [4.69, 9.17) is 0 Å². The van der Waals surface area contributed by atoms with Gasteiger partial charge in [-0.15, -0.1) is 10.2 Å². The number of aromatic nitrogens is 5. The average Bonchev–Trinajstić information content (AvgIpc) is 3.20. The van der Waals surface area contributed by atoms with Crippen molar-refractivity contribution in [2.75, 3.05) is 5.75 Å². The Morgan fingerprint density at radius 3 is 2.66 bits per heavy atom. The number of nitrogens with zero attached hydrogens (tertiary/aromatic N) is 6. The van der Waals surface area contributed by atoms with Crippen LogP contribution in [0, 0.1) is 13.8 Å². The second kappa shape index (κ2) is 9.36. The van der Waals surface area contributed by atoms with Gasteiger partial charge in [0.25, 0.3) is 5.91 Å². The number of rotatable bonds is 7. The van der Waals surface area contributed by atoms with Crippen molar-refractivity contribution in [2.45, 2.75) is 32.5 Å². The highest BCUT2D eigenvalue weighted by molar-refractivity contribution is 9.10. The molecule has 0 bridgehead atoms. The van der Waals surface area contributed by atoms with Gasteiger partial charge in [-0.3, -0.25) is 9.48 Å². The third-order valence-corrected chi connectivity index (χ3v) is 5.94.